The van der Waals surface area contributed by atoms with Crippen molar-refractivity contribution in [1.82, 2.24) is 0 Å². The number of benzene rings is 3. The van der Waals surface area contributed by atoms with Gasteiger partial charge in [-0.05, 0) is 23.9 Å². The van der Waals surface area contributed by atoms with Crippen molar-refractivity contribution in [2.45, 2.75) is 24.5 Å². The summed E-state index contributed by atoms with van der Waals surface area (Å²) in [6.07, 6.45) is -1.13. The second kappa shape index (κ2) is 7.51. The number of hydrogen-bond acceptors (Lipinski definition) is 6. The van der Waals surface area contributed by atoms with E-state index in [4.69, 9.17) is 4.74 Å². The summed E-state index contributed by atoms with van der Waals surface area (Å²) in [5, 5.41) is 1.82. The van der Waals surface area contributed by atoms with Gasteiger partial charge in [-0.25, -0.2) is 0 Å². The molecule has 3 aliphatic rings. The molecule has 0 radical (unpaired) electrons. The highest BCUT2D eigenvalue weighted by molar-refractivity contribution is 7.10. The third-order valence-corrected chi connectivity index (χ3v) is 8.98. The molecule has 7 rings (SSSR count). The van der Waals surface area contributed by atoms with Gasteiger partial charge in [0.05, 0.1) is 5.92 Å². The van der Waals surface area contributed by atoms with Gasteiger partial charge in [0.15, 0.2) is 11.6 Å². The maximum atomic E-state index is 14.5. The van der Waals surface area contributed by atoms with Crippen molar-refractivity contribution in [2.75, 3.05) is 0 Å². The average Bonchev–Trinajstić information content (AvgIpc) is 3.65. The lowest BCUT2D eigenvalue weighted by molar-refractivity contribution is -0.0209. The Morgan fingerprint density at radius 1 is 0.649 bits per heavy atom. The molecule has 0 unspecified atom stereocenters. The van der Waals surface area contributed by atoms with Crippen LogP contribution in [-0.4, -0.2) is 28.7 Å². The van der Waals surface area contributed by atoms with Crippen LogP contribution in [-0.2, 0) is 4.74 Å². The van der Waals surface area contributed by atoms with Crippen molar-refractivity contribution < 1.29 is 23.9 Å². The van der Waals surface area contributed by atoms with E-state index in [0.29, 0.717) is 21.6 Å². The molecule has 1 aliphatic heterocycles. The molecule has 0 N–H and O–H groups in total. The highest BCUT2D eigenvalue weighted by Gasteiger charge is 2.79. The van der Waals surface area contributed by atoms with Gasteiger partial charge in [-0.2, -0.15) is 0 Å². The lowest BCUT2D eigenvalue weighted by Crippen LogP contribution is -2.50. The molecule has 1 fully saturated rings. The van der Waals surface area contributed by atoms with Crippen molar-refractivity contribution in [2.24, 2.45) is 5.41 Å². The Morgan fingerprint density at radius 3 is 1.65 bits per heavy atom. The number of Topliss-reactive ketones (excluding diaryl/α,β-unsaturated/α-hetero) is 4. The summed E-state index contributed by atoms with van der Waals surface area (Å²) >= 11 is 1.32. The Hall–Kier alpha value is -4.00. The highest BCUT2D eigenvalue weighted by atomic mass is 32.1. The van der Waals surface area contributed by atoms with E-state index in [1.165, 1.54) is 11.3 Å². The standard InChI is InChI=1S/C31H20O5S/c1-17-12-14-18(15-13-17)29-30(25(32)19-7-2-3-8-20(19)26(30)33)24(23-11-6-16-37-23)31(36-29)27(34)21-9-4-5-10-22(21)28(31)35/h2-16,24,29H,1H3/t24-,29-/m0/s1. The van der Waals surface area contributed by atoms with E-state index in [9.17, 15) is 19.2 Å². The minimum Gasteiger partial charge on any atom is -0.348 e. The van der Waals surface area contributed by atoms with Crippen LogP contribution < -0.4 is 0 Å². The first-order valence-corrected chi connectivity index (χ1v) is 13.0. The number of thiophene rings is 1. The van der Waals surface area contributed by atoms with Crippen LogP contribution in [0.2, 0.25) is 0 Å². The fraction of sp³-hybridized carbons (Fsp3) is 0.161. The number of aryl methyl sites for hydroxylation is 1. The molecule has 5 nitrogen and oxygen atoms in total. The lowest BCUT2D eigenvalue weighted by atomic mass is 9.61. The van der Waals surface area contributed by atoms with Gasteiger partial charge in [0.1, 0.15) is 11.5 Å². The molecule has 0 amide bonds. The number of ether oxygens (including phenoxy) is 1. The van der Waals surface area contributed by atoms with Crippen LogP contribution in [0.1, 0.15) is 69.5 Å². The quantitative estimate of drug-likeness (QED) is 0.323. The zero-order valence-electron chi connectivity index (χ0n) is 19.8. The van der Waals surface area contributed by atoms with Crippen LogP contribution in [0.4, 0.5) is 0 Å². The van der Waals surface area contributed by atoms with E-state index in [-0.39, 0.29) is 11.1 Å². The Labute approximate surface area is 216 Å². The van der Waals surface area contributed by atoms with Crippen LogP contribution in [0.5, 0.6) is 0 Å². The molecule has 37 heavy (non-hydrogen) atoms. The second-order valence-electron chi connectivity index (χ2n) is 9.87. The third kappa shape index (κ3) is 2.56. The SMILES string of the molecule is Cc1ccc([C@@H]2OC3(C(=O)c4ccccc4C3=O)[C@@H](c3cccs3)C23C(=O)c2ccccc2C3=O)cc1. The van der Waals surface area contributed by atoms with Gasteiger partial charge in [-0.3, -0.25) is 19.2 Å². The fourth-order valence-corrected chi connectivity index (χ4v) is 7.41. The van der Waals surface area contributed by atoms with Gasteiger partial charge in [0.25, 0.3) is 0 Å². The molecule has 180 valence electrons. The van der Waals surface area contributed by atoms with Crippen molar-refractivity contribution in [3.63, 3.8) is 0 Å². The summed E-state index contributed by atoms with van der Waals surface area (Å²) in [6.45, 7) is 1.94. The average molecular weight is 505 g/mol. The number of fused-ring (bicyclic) bond motifs is 2. The van der Waals surface area contributed by atoms with Crippen molar-refractivity contribution in [3.05, 3.63) is 129 Å². The van der Waals surface area contributed by atoms with E-state index in [1.54, 1.807) is 60.7 Å². The molecule has 6 heteroatoms. The maximum Gasteiger partial charge on any atom is 0.204 e. The topological polar surface area (TPSA) is 77.5 Å². The molecule has 1 aromatic heterocycles. The predicted molar refractivity (Wildman–Crippen MR) is 137 cm³/mol. The van der Waals surface area contributed by atoms with Crippen LogP contribution in [0.25, 0.3) is 0 Å². The lowest BCUT2D eigenvalue weighted by Gasteiger charge is -2.33. The molecule has 2 atom stereocenters. The predicted octanol–water partition coefficient (Wildman–Crippen LogP) is 5.80. The summed E-state index contributed by atoms with van der Waals surface area (Å²) in [4.78, 5) is 58.0. The first kappa shape index (κ1) is 22.2. The molecule has 2 spiro atoms. The van der Waals surface area contributed by atoms with Gasteiger partial charge in [-0.1, -0.05) is 84.4 Å². The van der Waals surface area contributed by atoms with Crippen LogP contribution in [0.3, 0.4) is 0 Å². The van der Waals surface area contributed by atoms with Gasteiger partial charge in [0.2, 0.25) is 17.2 Å². The molecular weight excluding hydrogens is 484 g/mol. The molecule has 1 saturated heterocycles. The summed E-state index contributed by atoms with van der Waals surface area (Å²) < 4.78 is 6.66. The molecular formula is C31H20O5S. The Kier molecular flexibility index (Phi) is 4.51. The summed E-state index contributed by atoms with van der Waals surface area (Å²) in [6, 6.07) is 24.3. The van der Waals surface area contributed by atoms with Crippen LogP contribution in [0.15, 0.2) is 90.3 Å². The Morgan fingerprint density at radius 2 is 1.16 bits per heavy atom. The van der Waals surface area contributed by atoms with E-state index in [1.807, 2.05) is 36.6 Å². The highest BCUT2D eigenvalue weighted by Crippen LogP contribution is 2.68. The Bertz CT molecular complexity index is 1580. The third-order valence-electron chi connectivity index (χ3n) is 8.05. The van der Waals surface area contributed by atoms with Crippen molar-refractivity contribution >= 4 is 34.5 Å². The number of carbonyl (C=O) groups excluding carboxylic acids is 4. The summed E-state index contributed by atoms with van der Waals surface area (Å²) in [5.74, 6) is -2.95. The largest absolute Gasteiger partial charge is 0.348 e. The normalized spacial score (nSPS) is 22.7. The van der Waals surface area contributed by atoms with Gasteiger partial charge in [0, 0.05) is 27.1 Å². The number of carbonyl (C=O) groups is 4. The van der Waals surface area contributed by atoms with Crippen LogP contribution in [0, 0.1) is 12.3 Å². The molecule has 0 saturated carbocycles. The monoisotopic (exact) mass is 504 g/mol. The first-order chi connectivity index (χ1) is 17.9. The van der Waals surface area contributed by atoms with Crippen molar-refractivity contribution in [1.29, 1.82) is 0 Å². The molecule has 3 aromatic carbocycles. The van der Waals surface area contributed by atoms with Gasteiger partial charge < -0.3 is 4.74 Å². The van der Waals surface area contributed by atoms with Crippen molar-refractivity contribution in [3.8, 4) is 0 Å². The maximum absolute atomic E-state index is 14.5. The van der Waals surface area contributed by atoms with E-state index < -0.39 is 46.2 Å². The molecule has 0 bridgehead atoms. The minimum absolute atomic E-state index is 0.254. The molecule has 4 aromatic rings. The van der Waals surface area contributed by atoms with E-state index >= 15 is 0 Å². The van der Waals surface area contributed by atoms with Gasteiger partial charge in [-0.15, -0.1) is 11.3 Å². The number of hydrogen-bond donors (Lipinski definition) is 0. The zero-order chi connectivity index (χ0) is 25.5. The van der Waals surface area contributed by atoms with Crippen LogP contribution >= 0.6 is 11.3 Å². The Balaban J connectivity index is 1.58. The second-order valence-corrected chi connectivity index (χ2v) is 10.8. The van der Waals surface area contributed by atoms with E-state index in [2.05, 4.69) is 0 Å². The zero-order valence-corrected chi connectivity index (χ0v) is 20.6. The minimum atomic E-state index is -2.03. The number of rotatable bonds is 2. The summed E-state index contributed by atoms with van der Waals surface area (Å²) in [7, 11) is 0. The van der Waals surface area contributed by atoms with E-state index in [0.717, 1.165) is 5.56 Å². The fourth-order valence-electron chi connectivity index (χ4n) is 6.45. The van der Waals surface area contributed by atoms with Gasteiger partial charge >= 0.3 is 0 Å². The number of ketones is 4. The molecule has 2 heterocycles. The smallest absolute Gasteiger partial charge is 0.204 e. The first-order valence-electron chi connectivity index (χ1n) is 12.1. The summed E-state index contributed by atoms with van der Waals surface area (Å²) in [5.41, 5.74) is -1.17. The molecule has 2 aliphatic carbocycles.